The predicted molar refractivity (Wildman–Crippen MR) is 34.4 cm³/mol. The first-order valence-corrected chi connectivity index (χ1v) is 3.36. The Kier molecular flexibility index (Phi) is 0.951. The first kappa shape index (κ1) is 5.92. The molecule has 1 saturated carbocycles. The van der Waals surface area contributed by atoms with Crippen LogP contribution in [0.5, 0.6) is 0 Å². The van der Waals surface area contributed by atoms with E-state index in [2.05, 4.69) is 5.16 Å². The molecular formula is C7H9NO2. The molecule has 0 aromatic carbocycles. The van der Waals surface area contributed by atoms with Gasteiger partial charge in [-0.05, 0) is 19.8 Å². The summed E-state index contributed by atoms with van der Waals surface area (Å²) in [5, 5.41) is 13.1. The van der Waals surface area contributed by atoms with Crippen molar-refractivity contribution in [1.82, 2.24) is 5.16 Å². The van der Waals surface area contributed by atoms with E-state index < -0.39 is 5.60 Å². The molecule has 0 unspecified atom stereocenters. The van der Waals surface area contributed by atoms with Crippen LogP contribution in [0.4, 0.5) is 0 Å². The highest BCUT2D eigenvalue weighted by Gasteiger charge is 2.46. The van der Waals surface area contributed by atoms with Crippen LogP contribution in [-0.4, -0.2) is 10.3 Å². The molecule has 0 radical (unpaired) electrons. The third-order valence-corrected chi connectivity index (χ3v) is 1.89. The fraction of sp³-hybridized carbons (Fsp3) is 0.571. The SMILES string of the molecule is Cc1cnoc1C1(O)CC1. The van der Waals surface area contributed by atoms with Crippen LogP contribution in [0.25, 0.3) is 0 Å². The van der Waals surface area contributed by atoms with Gasteiger partial charge in [-0.15, -0.1) is 0 Å². The van der Waals surface area contributed by atoms with Gasteiger partial charge in [-0.25, -0.2) is 0 Å². The summed E-state index contributed by atoms with van der Waals surface area (Å²) >= 11 is 0. The van der Waals surface area contributed by atoms with Gasteiger partial charge in [0.1, 0.15) is 5.60 Å². The Hall–Kier alpha value is -0.830. The predicted octanol–water partition coefficient (Wildman–Crippen LogP) is 0.964. The standard InChI is InChI=1S/C7H9NO2/c1-5-4-8-10-6(5)7(9)2-3-7/h4,9H,2-3H2,1H3. The van der Waals surface area contributed by atoms with E-state index in [9.17, 15) is 5.11 Å². The normalized spacial score (nSPS) is 21.0. The summed E-state index contributed by atoms with van der Waals surface area (Å²) in [5.41, 5.74) is 0.278. The molecule has 0 atom stereocenters. The van der Waals surface area contributed by atoms with Crippen LogP contribution in [0, 0.1) is 6.92 Å². The first-order chi connectivity index (χ1) is 4.72. The monoisotopic (exact) mass is 139 g/mol. The topological polar surface area (TPSA) is 46.3 Å². The van der Waals surface area contributed by atoms with Gasteiger partial charge >= 0.3 is 0 Å². The third-order valence-electron chi connectivity index (χ3n) is 1.89. The number of aryl methyl sites for hydroxylation is 1. The van der Waals surface area contributed by atoms with Crippen molar-refractivity contribution in [2.75, 3.05) is 0 Å². The first-order valence-electron chi connectivity index (χ1n) is 3.36. The van der Waals surface area contributed by atoms with Gasteiger partial charge in [-0.2, -0.15) is 0 Å². The molecular weight excluding hydrogens is 130 g/mol. The Labute approximate surface area is 58.6 Å². The molecule has 0 bridgehead atoms. The van der Waals surface area contributed by atoms with Crippen LogP contribution < -0.4 is 0 Å². The average molecular weight is 139 g/mol. The minimum Gasteiger partial charge on any atom is -0.382 e. The zero-order valence-corrected chi connectivity index (χ0v) is 5.79. The highest BCUT2D eigenvalue weighted by molar-refractivity contribution is 5.23. The Bertz CT molecular complexity index is 250. The molecule has 1 fully saturated rings. The van der Waals surface area contributed by atoms with Crippen molar-refractivity contribution in [3.8, 4) is 0 Å². The zero-order valence-electron chi connectivity index (χ0n) is 5.79. The van der Waals surface area contributed by atoms with Crippen LogP contribution in [0.15, 0.2) is 10.7 Å². The van der Waals surface area contributed by atoms with E-state index in [1.165, 1.54) is 0 Å². The number of nitrogens with zero attached hydrogens (tertiary/aromatic N) is 1. The quantitative estimate of drug-likeness (QED) is 0.630. The van der Waals surface area contributed by atoms with Gasteiger partial charge in [0, 0.05) is 5.56 Å². The lowest BCUT2D eigenvalue weighted by Gasteiger charge is -2.00. The molecule has 0 amide bonds. The number of aromatic nitrogens is 1. The van der Waals surface area contributed by atoms with Gasteiger partial charge in [-0.3, -0.25) is 0 Å². The largest absolute Gasteiger partial charge is 0.382 e. The Morgan fingerprint density at radius 1 is 1.70 bits per heavy atom. The van der Waals surface area contributed by atoms with Crippen molar-refractivity contribution < 1.29 is 9.63 Å². The molecule has 0 saturated heterocycles. The third kappa shape index (κ3) is 0.671. The number of aliphatic hydroxyl groups is 1. The van der Waals surface area contributed by atoms with Crippen molar-refractivity contribution in [2.24, 2.45) is 0 Å². The van der Waals surface area contributed by atoms with Crippen molar-refractivity contribution in [3.05, 3.63) is 17.5 Å². The Balaban J connectivity index is 2.42. The van der Waals surface area contributed by atoms with Crippen LogP contribution in [-0.2, 0) is 5.60 Å². The molecule has 1 aliphatic rings. The highest BCUT2D eigenvalue weighted by atomic mass is 16.5. The summed E-state index contributed by atoms with van der Waals surface area (Å²) in [6.45, 7) is 1.89. The molecule has 1 aromatic rings. The van der Waals surface area contributed by atoms with Crippen LogP contribution in [0.2, 0.25) is 0 Å². The molecule has 3 heteroatoms. The second-order valence-electron chi connectivity index (χ2n) is 2.87. The van der Waals surface area contributed by atoms with Gasteiger partial charge in [0.15, 0.2) is 5.76 Å². The maximum Gasteiger partial charge on any atom is 0.171 e. The maximum atomic E-state index is 9.54. The Morgan fingerprint density at radius 3 is 2.80 bits per heavy atom. The summed E-state index contributed by atoms with van der Waals surface area (Å²) in [6.07, 6.45) is 3.25. The van der Waals surface area contributed by atoms with Gasteiger partial charge < -0.3 is 9.63 Å². The molecule has 1 heterocycles. The van der Waals surface area contributed by atoms with Crippen molar-refractivity contribution >= 4 is 0 Å². The molecule has 0 spiro atoms. The summed E-state index contributed by atoms with van der Waals surface area (Å²) in [4.78, 5) is 0. The average Bonchev–Trinajstić information content (AvgIpc) is 2.44. The molecule has 0 aliphatic heterocycles. The lowest BCUT2D eigenvalue weighted by Crippen LogP contribution is -2.03. The molecule has 1 N–H and O–H groups in total. The van der Waals surface area contributed by atoms with Crippen LogP contribution >= 0.6 is 0 Å². The van der Waals surface area contributed by atoms with Crippen molar-refractivity contribution in [3.63, 3.8) is 0 Å². The lowest BCUT2D eigenvalue weighted by molar-refractivity contribution is 0.113. The second-order valence-corrected chi connectivity index (χ2v) is 2.87. The molecule has 1 aliphatic carbocycles. The second kappa shape index (κ2) is 1.61. The van der Waals surface area contributed by atoms with Gasteiger partial charge in [-0.1, -0.05) is 5.16 Å². The fourth-order valence-corrected chi connectivity index (χ4v) is 1.09. The molecule has 3 nitrogen and oxygen atoms in total. The van der Waals surface area contributed by atoms with Crippen LogP contribution in [0.1, 0.15) is 24.2 Å². The number of hydrogen-bond donors (Lipinski definition) is 1. The highest BCUT2D eigenvalue weighted by Crippen LogP contribution is 2.46. The minimum absolute atomic E-state index is 0.646. The van der Waals surface area contributed by atoms with Crippen molar-refractivity contribution in [1.29, 1.82) is 0 Å². The van der Waals surface area contributed by atoms with Gasteiger partial charge in [0.05, 0.1) is 6.20 Å². The van der Waals surface area contributed by atoms with E-state index in [-0.39, 0.29) is 0 Å². The lowest BCUT2D eigenvalue weighted by atomic mass is 10.2. The van der Waals surface area contributed by atoms with E-state index in [0.29, 0.717) is 5.76 Å². The maximum absolute atomic E-state index is 9.54. The van der Waals surface area contributed by atoms with E-state index in [1.54, 1.807) is 6.20 Å². The summed E-state index contributed by atoms with van der Waals surface area (Å²) in [6, 6.07) is 0. The van der Waals surface area contributed by atoms with Crippen molar-refractivity contribution in [2.45, 2.75) is 25.4 Å². The summed E-state index contributed by atoms with van der Waals surface area (Å²) in [5.74, 6) is 0.646. The Morgan fingerprint density at radius 2 is 2.40 bits per heavy atom. The van der Waals surface area contributed by atoms with E-state index >= 15 is 0 Å². The van der Waals surface area contributed by atoms with Crippen LogP contribution in [0.3, 0.4) is 0 Å². The molecule has 1 aromatic heterocycles. The smallest absolute Gasteiger partial charge is 0.171 e. The van der Waals surface area contributed by atoms with E-state index in [1.807, 2.05) is 6.92 Å². The zero-order chi connectivity index (χ0) is 7.19. The van der Waals surface area contributed by atoms with E-state index in [0.717, 1.165) is 18.4 Å². The molecule has 10 heavy (non-hydrogen) atoms. The molecule has 54 valence electrons. The number of rotatable bonds is 1. The number of hydrogen-bond acceptors (Lipinski definition) is 3. The fourth-order valence-electron chi connectivity index (χ4n) is 1.09. The minimum atomic E-state index is -0.666. The summed E-state index contributed by atoms with van der Waals surface area (Å²) < 4.78 is 4.89. The van der Waals surface area contributed by atoms with Gasteiger partial charge in [0.2, 0.25) is 0 Å². The summed E-state index contributed by atoms with van der Waals surface area (Å²) in [7, 11) is 0. The molecule has 2 rings (SSSR count). The van der Waals surface area contributed by atoms with E-state index in [4.69, 9.17) is 4.52 Å². The van der Waals surface area contributed by atoms with Gasteiger partial charge in [0.25, 0.3) is 0 Å².